The van der Waals surface area contributed by atoms with Gasteiger partial charge >= 0.3 is 12.3 Å². The minimum Gasteiger partial charge on any atom is -0.463 e. The summed E-state index contributed by atoms with van der Waals surface area (Å²) in [5, 5.41) is 15.8. The second kappa shape index (κ2) is 7.98. The van der Waals surface area contributed by atoms with E-state index < -0.39 is 63.9 Å². The summed E-state index contributed by atoms with van der Waals surface area (Å²) in [6.45, 7) is 1.38. The minimum atomic E-state index is -5.12. The number of amides is 2. The van der Waals surface area contributed by atoms with Crippen molar-refractivity contribution in [1.82, 2.24) is 10.6 Å². The predicted molar refractivity (Wildman–Crippen MR) is 104 cm³/mol. The first-order valence-corrected chi connectivity index (χ1v) is 8.92. The maximum absolute atomic E-state index is 15.4. The predicted octanol–water partition coefficient (Wildman–Crippen LogP) is 3.67. The molecule has 0 unspecified atom stereocenters. The molecule has 0 aliphatic carbocycles. The smallest absolute Gasteiger partial charge is 0.434 e. The fourth-order valence-electron chi connectivity index (χ4n) is 3.34. The molecule has 2 aromatic rings. The maximum Gasteiger partial charge on any atom is 0.434 e. The van der Waals surface area contributed by atoms with Crippen molar-refractivity contribution in [3.63, 3.8) is 0 Å². The first-order valence-electron chi connectivity index (χ1n) is 8.92. The fourth-order valence-corrected chi connectivity index (χ4v) is 3.34. The number of halogens is 5. The Morgan fingerprint density at radius 2 is 1.94 bits per heavy atom. The molecule has 32 heavy (non-hydrogen) atoms. The molecule has 8 nitrogen and oxygen atoms in total. The number of anilines is 3. The van der Waals surface area contributed by atoms with E-state index in [2.05, 4.69) is 20.9 Å². The molecule has 2 aromatic carbocycles. The van der Waals surface area contributed by atoms with Gasteiger partial charge in [-0.15, -0.1) is 4.99 Å². The Balaban J connectivity index is 2.07. The van der Waals surface area contributed by atoms with E-state index in [1.165, 1.54) is 19.1 Å². The summed E-state index contributed by atoms with van der Waals surface area (Å²) in [5.41, 5.74) is 0.387. The SMILES string of the molecule is C[C@@]1(c2cccc(Nc3c(N)ccc(F)c3C(F)(F)F)c2F)CC(=O)N/C(=N/C(=O)O)N1. The van der Waals surface area contributed by atoms with Gasteiger partial charge < -0.3 is 21.5 Å². The van der Waals surface area contributed by atoms with E-state index in [0.29, 0.717) is 6.07 Å². The van der Waals surface area contributed by atoms with Crippen molar-refractivity contribution in [2.45, 2.75) is 25.1 Å². The van der Waals surface area contributed by atoms with Crippen LogP contribution in [0.15, 0.2) is 35.3 Å². The number of nitrogens with two attached hydrogens (primary N) is 1. The Bertz CT molecular complexity index is 1140. The van der Waals surface area contributed by atoms with Crippen LogP contribution in [0.1, 0.15) is 24.5 Å². The van der Waals surface area contributed by atoms with Gasteiger partial charge in [-0.05, 0) is 25.1 Å². The molecule has 2 amide bonds. The lowest BCUT2D eigenvalue weighted by Gasteiger charge is -2.36. The summed E-state index contributed by atoms with van der Waals surface area (Å²) in [5.74, 6) is -3.78. The van der Waals surface area contributed by atoms with E-state index in [9.17, 15) is 27.2 Å². The zero-order valence-electron chi connectivity index (χ0n) is 16.3. The normalized spacial score (nSPS) is 19.9. The molecule has 6 N–H and O–H groups in total. The molecule has 1 fully saturated rings. The zero-order chi connectivity index (χ0) is 23.8. The highest BCUT2D eigenvalue weighted by Gasteiger charge is 2.40. The Hall–Kier alpha value is -3.90. The number of nitrogens with zero attached hydrogens (tertiary/aromatic N) is 1. The summed E-state index contributed by atoms with van der Waals surface area (Å²) in [6.07, 6.45) is -7.08. The van der Waals surface area contributed by atoms with Gasteiger partial charge in [0.05, 0.1) is 29.0 Å². The third kappa shape index (κ3) is 4.40. The number of hydrogen-bond donors (Lipinski definition) is 5. The van der Waals surface area contributed by atoms with Crippen molar-refractivity contribution in [2.24, 2.45) is 4.99 Å². The average Bonchev–Trinajstić information content (AvgIpc) is 2.63. The summed E-state index contributed by atoms with van der Waals surface area (Å²) in [4.78, 5) is 26.0. The number of nitrogen functional groups attached to an aromatic ring is 1. The Labute approximate surface area is 177 Å². The molecule has 0 bridgehead atoms. The second-order valence-corrected chi connectivity index (χ2v) is 7.10. The van der Waals surface area contributed by atoms with Crippen molar-refractivity contribution in [1.29, 1.82) is 0 Å². The lowest BCUT2D eigenvalue weighted by atomic mass is 9.86. The molecule has 1 atom stereocenters. The molecule has 1 saturated heterocycles. The van der Waals surface area contributed by atoms with Gasteiger partial charge in [-0.1, -0.05) is 12.1 Å². The summed E-state index contributed by atoms with van der Waals surface area (Å²) in [7, 11) is 0. The molecular weight excluding hydrogens is 441 g/mol. The number of carboxylic acid groups (broad SMARTS) is 1. The van der Waals surface area contributed by atoms with Gasteiger partial charge in [0.1, 0.15) is 11.4 Å². The van der Waals surface area contributed by atoms with Gasteiger partial charge in [-0.2, -0.15) is 13.2 Å². The topological polar surface area (TPSA) is 129 Å². The molecule has 1 heterocycles. The highest BCUT2D eigenvalue weighted by molar-refractivity contribution is 6.03. The highest BCUT2D eigenvalue weighted by atomic mass is 19.4. The molecule has 0 aromatic heterocycles. The van der Waals surface area contributed by atoms with Crippen LogP contribution in [-0.4, -0.2) is 23.1 Å². The van der Waals surface area contributed by atoms with E-state index >= 15 is 4.39 Å². The molecule has 0 saturated carbocycles. The number of nitrogens with one attached hydrogen (secondary N) is 3. The molecule has 1 aliphatic rings. The van der Waals surface area contributed by atoms with E-state index in [-0.39, 0.29) is 12.0 Å². The minimum absolute atomic E-state index is 0.182. The molecule has 13 heteroatoms. The van der Waals surface area contributed by atoms with E-state index in [4.69, 9.17) is 10.8 Å². The van der Waals surface area contributed by atoms with Crippen LogP contribution in [0.2, 0.25) is 0 Å². The largest absolute Gasteiger partial charge is 0.463 e. The van der Waals surface area contributed by atoms with Gasteiger partial charge in [0, 0.05) is 5.56 Å². The van der Waals surface area contributed by atoms with Gasteiger partial charge in [-0.25, -0.2) is 13.6 Å². The van der Waals surface area contributed by atoms with Gasteiger partial charge in [-0.3, -0.25) is 10.1 Å². The molecule has 3 rings (SSSR count). The monoisotopic (exact) mass is 457 g/mol. The summed E-state index contributed by atoms with van der Waals surface area (Å²) < 4.78 is 69.4. The quantitative estimate of drug-likeness (QED) is 0.353. The first kappa shape index (κ1) is 22.8. The molecule has 0 radical (unpaired) electrons. The van der Waals surface area contributed by atoms with Gasteiger partial charge in [0.15, 0.2) is 5.82 Å². The van der Waals surface area contributed by atoms with Crippen LogP contribution in [0.5, 0.6) is 0 Å². The third-order valence-electron chi connectivity index (χ3n) is 4.70. The number of rotatable bonds is 3. The van der Waals surface area contributed by atoms with Crippen LogP contribution in [0.3, 0.4) is 0 Å². The standard InChI is InChI=1S/C19H16F5N5O3/c1-18(7-12(30)27-16(29-18)28-17(31)32)8-3-2-4-11(14(8)21)26-15-10(25)6-5-9(20)13(15)19(22,23)24/h2-6,26H,7,25H2,1H3,(H,31,32)(H2,27,28,29,30)/t18-/m0/s1. The van der Waals surface area contributed by atoms with Crippen LogP contribution in [0.25, 0.3) is 0 Å². The van der Waals surface area contributed by atoms with Crippen LogP contribution in [0.4, 0.5) is 43.8 Å². The van der Waals surface area contributed by atoms with Crippen LogP contribution in [-0.2, 0) is 16.5 Å². The van der Waals surface area contributed by atoms with Crippen molar-refractivity contribution < 1.29 is 36.6 Å². The lowest BCUT2D eigenvalue weighted by molar-refractivity contribution is -0.139. The number of benzene rings is 2. The molecule has 1 aliphatic heterocycles. The third-order valence-corrected chi connectivity index (χ3v) is 4.70. The molecular formula is C19H16F5N5O3. The second-order valence-electron chi connectivity index (χ2n) is 7.10. The van der Waals surface area contributed by atoms with Crippen molar-refractivity contribution >= 4 is 35.0 Å². The van der Waals surface area contributed by atoms with Gasteiger partial charge in [0.2, 0.25) is 11.9 Å². The molecule has 0 spiro atoms. The number of alkyl halides is 3. The van der Waals surface area contributed by atoms with Crippen LogP contribution < -0.4 is 21.7 Å². The Morgan fingerprint density at radius 3 is 2.56 bits per heavy atom. The van der Waals surface area contributed by atoms with Crippen molar-refractivity contribution in [3.8, 4) is 0 Å². The van der Waals surface area contributed by atoms with E-state index in [1.807, 2.05) is 0 Å². The number of guanidine groups is 1. The van der Waals surface area contributed by atoms with Crippen LogP contribution in [0, 0.1) is 11.6 Å². The van der Waals surface area contributed by atoms with Crippen molar-refractivity contribution in [2.75, 3.05) is 11.1 Å². The molecule has 170 valence electrons. The van der Waals surface area contributed by atoms with Gasteiger partial charge in [0.25, 0.3) is 0 Å². The number of hydrogen-bond acceptors (Lipinski definition) is 4. The number of carbonyl (C=O) groups excluding carboxylic acids is 1. The van der Waals surface area contributed by atoms with E-state index in [0.717, 1.165) is 12.1 Å². The van der Waals surface area contributed by atoms with Crippen LogP contribution >= 0.6 is 0 Å². The van der Waals surface area contributed by atoms with Crippen molar-refractivity contribution in [3.05, 3.63) is 53.1 Å². The first-order chi connectivity index (χ1) is 14.8. The Kier molecular flexibility index (Phi) is 5.68. The fraction of sp³-hybridized carbons (Fsp3) is 0.211. The van der Waals surface area contributed by atoms with E-state index in [1.54, 1.807) is 0 Å². The average molecular weight is 457 g/mol. The zero-order valence-corrected chi connectivity index (χ0v) is 16.3. The highest BCUT2D eigenvalue weighted by Crippen LogP contribution is 2.42. The summed E-state index contributed by atoms with van der Waals surface area (Å²) in [6, 6.07) is 5.09. The summed E-state index contributed by atoms with van der Waals surface area (Å²) >= 11 is 0. The number of carbonyl (C=O) groups is 2. The number of aliphatic imine (C=N–C) groups is 1. The lowest BCUT2D eigenvalue weighted by Crippen LogP contribution is -2.58. The Morgan fingerprint density at radius 1 is 1.25 bits per heavy atom. The maximum atomic E-state index is 15.4.